The molecule has 1 aliphatic rings. The van der Waals surface area contributed by atoms with Crippen LogP contribution >= 0.6 is 15.9 Å². The highest BCUT2D eigenvalue weighted by atomic mass is 79.9. The first-order valence-electron chi connectivity index (χ1n) is 8.96. The quantitative estimate of drug-likeness (QED) is 0.597. The van der Waals surface area contributed by atoms with Gasteiger partial charge in [0.05, 0.1) is 11.1 Å². The van der Waals surface area contributed by atoms with Crippen LogP contribution < -0.4 is 4.74 Å². The van der Waals surface area contributed by atoms with E-state index < -0.39 is 0 Å². The molecule has 3 aromatic heterocycles. The molecule has 1 fully saturated rings. The molecule has 1 unspecified atom stereocenters. The van der Waals surface area contributed by atoms with Gasteiger partial charge in [0, 0.05) is 55.4 Å². The Hall–Kier alpha value is -2.81. The number of carbonyl (C=O) groups is 1. The number of pyridine rings is 1. The van der Waals surface area contributed by atoms with Gasteiger partial charge in [-0.1, -0.05) is 5.16 Å². The third kappa shape index (κ3) is 4.36. The summed E-state index contributed by atoms with van der Waals surface area (Å²) in [4.78, 5) is 26.9. The van der Waals surface area contributed by atoms with E-state index in [0.717, 1.165) is 22.9 Å². The summed E-state index contributed by atoms with van der Waals surface area (Å²) in [5.74, 6) is 0.610. The van der Waals surface area contributed by atoms with Crippen molar-refractivity contribution in [2.75, 3.05) is 19.7 Å². The van der Waals surface area contributed by atoms with Crippen LogP contribution in [0.2, 0.25) is 0 Å². The summed E-state index contributed by atoms with van der Waals surface area (Å²) in [7, 11) is 0. The summed E-state index contributed by atoms with van der Waals surface area (Å²) >= 11 is 3.29. The van der Waals surface area contributed by atoms with Crippen LogP contribution in [-0.2, 0) is 0 Å². The van der Waals surface area contributed by atoms with Crippen molar-refractivity contribution in [3.63, 3.8) is 0 Å². The van der Waals surface area contributed by atoms with Crippen molar-refractivity contribution >= 4 is 21.8 Å². The summed E-state index contributed by atoms with van der Waals surface area (Å²) in [5.41, 5.74) is 1.09. The molecule has 4 rings (SSSR count). The molecule has 0 spiro atoms. The van der Waals surface area contributed by atoms with Crippen LogP contribution in [-0.4, -0.2) is 50.6 Å². The monoisotopic (exact) mass is 443 g/mol. The Morgan fingerprint density at radius 2 is 2.18 bits per heavy atom. The second-order valence-electron chi connectivity index (χ2n) is 6.57. The van der Waals surface area contributed by atoms with Crippen molar-refractivity contribution in [2.24, 2.45) is 5.92 Å². The maximum absolute atomic E-state index is 12.8. The molecule has 1 saturated heterocycles. The zero-order valence-electron chi connectivity index (χ0n) is 15.0. The highest BCUT2D eigenvalue weighted by Crippen LogP contribution is 2.23. The molecule has 0 saturated carbocycles. The Morgan fingerprint density at radius 3 is 2.96 bits per heavy atom. The van der Waals surface area contributed by atoms with Gasteiger partial charge in [-0.25, -0.2) is 9.97 Å². The van der Waals surface area contributed by atoms with Gasteiger partial charge in [0.2, 0.25) is 0 Å². The molecule has 1 atom stereocenters. The largest absolute Gasteiger partial charge is 0.463 e. The summed E-state index contributed by atoms with van der Waals surface area (Å²) in [6, 6.07) is 5.67. The Morgan fingerprint density at radius 1 is 1.32 bits per heavy atom. The first kappa shape index (κ1) is 18.5. The van der Waals surface area contributed by atoms with Gasteiger partial charge in [-0.15, -0.1) is 0 Å². The molecule has 4 heterocycles. The minimum atomic E-state index is -0.136. The molecule has 0 aromatic carbocycles. The fourth-order valence-corrected chi connectivity index (χ4v) is 3.34. The molecule has 0 N–H and O–H groups in total. The van der Waals surface area contributed by atoms with Crippen LogP contribution in [0.25, 0.3) is 11.3 Å². The molecule has 144 valence electrons. The Labute approximate surface area is 170 Å². The number of amides is 1. The van der Waals surface area contributed by atoms with E-state index in [1.54, 1.807) is 35.8 Å². The number of carbonyl (C=O) groups excluding carboxylic acids is 1. The van der Waals surface area contributed by atoms with Gasteiger partial charge in [0.25, 0.3) is 5.91 Å². The molecule has 8 nitrogen and oxygen atoms in total. The molecular formula is C19H18BrN5O3. The maximum atomic E-state index is 12.8. The number of piperidine rings is 1. The van der Waals surface area contributed by atoms with E-state index in [1.807, 2.05) is 12.1 Å². The molecule has 0 radical (unpaired) electrons. The molecule has 1 aliphatic heterocycles. The van der Waals surface area contributed by atoms with E-state index in [2.05, 4.69) is 36.0 Å². The topological polar surface area (TPSA) is 94.2 Å². The first-order chi connectivity index (χ1) is 13.7. The average Bonchev–Trinajstić information content (AvgIpc) is 3.24. The zero-order chi connectivity index (χ0) is 19.3. The SMILES string of the molecule is O=C(c1cc(-c2cccnc2)on1)N1CCCC(COc2ncc(Br)cn2)C1. The molecule has 28 heavy (non-hydrogen) atoms. The smallest absolute Gasteiger partial charge is 0.316 e. The van der Waals surface area contributed by atoms with Crippen molar-refractivity contribution < 1.29 is 14.1 Å². The second-order valence-corrected chi connectivity index (χ2v) is 7.49. The highest BCUT2D eigenvalue weighted by Gasteiger charge is 2.27. The fourth-order valence-electron chi connectivity index (χ4n) is 3.14. The number of hydrogen-bond acceptors (Lipinski definition) is 7. The summed E-state index contributed by atoms with van der Waals surface area (Å²) in [6.45, 7) is 1.76. The van der Waals surface area contributed by atoms with Crippen LogP contribution in [0.5, 0.6) is 6.01 Å². The number of hydrogen-bond donors (Lipinski definition) is 0. The van der Waals surface area contributed by atoms with E-state index in [0.29, 0.717) is 37.2 Å². The van der Waals surface area contributed by atoms with Crippen molar-refractivity contribution in [3.8, 4) is 17.3 Å². The molecule has 0 bridgehead atoms. The van der Waals surface area contributed by atoms with E-state index in [1.165, 1.54) is 0 Å². The molecule has 0 aliphatic carbocycles. The van der Waals surface area contributed by atoms with Gasteiger partial charge in [-0.05, 0) is 40.9 Å². The predicted molar refractivity (Wildman–Crippen MR) is 104 cm³/mol. The number of aromatic nitrogens is 4. The fraction of sp³-hybridized carbons (Fsp3) is 0.316. The standard InChI is InChI=1S/C19H18BrN5O3/c20-15-9-22-19(23-10-15)27-12-13-3-2-6-25(11-13)18(26)16-7-17(28-24-16)14-4-1-5-21-8-14/h1,4-5,7-10,13H,2-3,6,11-12H2. The Balaban J connectivity index is 1.37. The van der Waals surface area contributed by atoms with Gasteiger partial charge in [0.15, 0.2) is 11.5 Å². The average molecular weight is 444 g/mol. The highest BCUT2D eigenvalue weighted by molar-refractivity contribution is 9.10. The third-order valence-corrected chi connectivity index (χ3v) is 4.94. The number of nitrogens with zero attached hydrogens (tertiary/aromatic N) is 5. The maximum Gasteiger partial charge on any atom is 0.316 e. The lowest BCUT2D eigenvalue weighted by molar-refractivity contribution is 0.0619. The van der Waals surface area contributed by atoms with E-state index >= 15 is 0 Å². The van der Waals surface area contributed by atoms with Gasteiger partial charge in [-0.2, -0.15) is 0 Å². The molecule has 1 amide bonds. The van der Waals surface area contributed by atoms with E-state index in [9.17, 15) is 4.79 Å². The lowest BCUT2D eigenvalue weighted by Crippen LogP contribution is -2.41. The van der Waals surface area contributed by atoms with Crippen molar-refractivity contribution in [2.45, 2.75) is 12.8 Å². The minimum absolute atomic E-state index is 0.136. The molecule has 3 aromatic rings. The van der Waals surface area contributed by atoms with Crippen LogP contribution in [0.4, 0.5) is 0 Å². The van der Waals surface area contributed by atoms with Gasteiger partial charge in [0.1, 0.15) is 0 Å². The van der Waals surface area contributed by atoms with E-state index in [4.69, 9.17) is 9.26 Å². The number of halogens is 1. The van der Waals surface area contributed by atoms with E-state index in [-0.39, 0.29) is 11.8 Å². The van der Waals surface area contributed by atoms with Crippen LogP contribution in [0.15, 0.2) is 52.0 Å². The van der Waals surface area contributed by atoms with Crippen LogP contribution in [0, 0.1) is 5.92 Å². The lowest BCUT2D eigenvalue weighted by atomic mass is 9.98. The Bertz CT molecular complexity index is 932. The van der Waals surface area contributed by atoms with Crippen molar-refractivity contribution in [3.05, 3.63) is 53.2 Å². The summed E-state index contributed by atoms with van der Waals surface area (Å²) in [6.07, 6.45) is 8.54. The van der Waals surface area contributed by atoms with Gasteiger partial charge >= 0.3 is 6.01 Å². The summed E-state index contributed by atoms with van der Waals surface area (Å²) in [5, 5.41) is 3.94. The number of likely N-dealkylation sites (tertiary alicyclic amines) is 1. The first-order valence-corrected chi connectivity index (χ1v) is 9.75. The summed E-state index contributed by atoms with van der Waals surface area (Å²) < 4.78 is 11.8. The minimum Gasteiger partial charge on any atom is -0.463 e. The Kier molecular flexibility index (Phi) is 5.61. The predicted octanol–water partition coefficient (Wildman–Crippen LogP) is 3.22. The number of ether oxygens (including phenoxy) is 1. The van der Waals surface area contributed by atoms with Gasteiger partial charge in [-0.3, -0.25) is 9.78 Å². The second kappa shape index (κ2) is 8.47. The number of rotatable bonds is 5. The van der Waals surface area contributed by atoms with Crippen molar-refractivity contribution in [1.82, 2.24) is 25.0 Å². The van der Waals surface area contributed by atoms with Gasteiger partial charge < -0.3 is 14.2 Å². The van der Waals surface area contributed by atoms with Crippen LogP contribution in [0.1, 0.15) is 23.3 Å². The lowest BCUT2D eigenvalue weighted by Gasteiger charge is -2.31. The zero-order valence-corrected chi connectivity index (χ0v) is 16.6. The van der Waals surface area contributed by atoms with Crippen molar-refractivity contribution in [1.29, 1.82) is 0 Å². The molecule has 9 heteroatoms. The van der Waals surface area contributed by atoms with Crippen LogP contribution in [0.3, 0.4) is 0 Å². The normalized spacial score (nSPS) is 16.8. The third-order valence-electron chi connectivity index (χ3n) is 4.53. The molecular weight excluding hydrogens is 426 g/mol.